The molecule has 2 heterocycles. The predicted molar refractivity (Wildman–Crippen MR) is 126 cm³/mol. The molecule has 0 bridgehead atoms. The normalized spacial score (nSPS) is 14.4. The maximum Gasteiger partial charge on any atom is 0.229 e. The standard InChI is InChI=1S/C22H26ClN7/c1-24-17-4-3-5-18(14-17)26-21-20(23)15-25-22(28-21)27-16-6-8-19(9-7-16)30-12-10-29(2)11-13-30/h3-9,14-15,24H,10-13H2,1-2H3,(H2,25,26,27,28). The molecule has 0 saturated carbocycles. The zero-order valence-corrected chi connectivity index (χ0v) is 17.9. The molecule has 3 N–H and O–H groups in total. The molecule has 1 fully saturated rings. The van der Waals surface area contributed by atoms with Crippen molar-refractivity contribution >= 4 is 46.1 Å². The molecule has 0 aliphatic carbocycles. The first-order valence-corrected chi connectivity index (χ1v) is 10.4. The van der Waals surface area contributed by atoms with Crippen molar-refractivity contribution in [2.75, 3.05) is 61.1 Å². The maximum atomic E-state index is 6.30. The van der Waals surface area contributed by atoms with Crippen molar-refractivity contribution in [1.82, 2.24) is 14.9 Å². The van der Waals surface area contributed by atoms with Crippen LogP contribution in [0.4, 0.5) is 34.5 Å². The van der Waals surface area contributed by atoms with Crippen molar-refractivity contribution in [2.45, 2.75) is 0 Å². The summed E-state index contributed by atoms with van der Waals surface area (Å²) in [6, 6.07) is 16.3. The number of piperazine rings is 1. The Hall–Kier alpha value is -3.03. The predicted octanol–water partition coefficient (Wildman–Crippen LogP) is 4.41. The Labute approximate surface area is 182 Å². The van der Waals surface area contributed by atoms with Crippen molar-refractivity contribution in [3.05, 3.63) is 59.8 Å². The highest BCUT2D eigenvalue weighted by Gasteiger charge is 2.14. The molecule has 0 spiro atoms. The third-order valence-corrected chi connectivity index (χ3v) is 5.43. The average Bonchev–Trinajstić information content (AvgIpc) is 2.77. The minimum Gasteiger partial charge on any atom is -0.388 e. The molecule has 156 valence electrons. The van der Waals surface area contributed by atoms with E-state index in [0.29, 0.717) is 16.8 Å². The van der Waals surface area contributed by atoms with Gasteiger partial charge in [-0.25, -0.2) is 4.98 Å². The van der Waals surface area contributed by atoms with Gasteiger partial charge in [-0.05, 0) is 49.5 Å². The van der Waals surface area contributed by atoms with Crippen LogP contribution < -0.4 is 20.9 Å². The first-order chi connectivity index (χ1) is 14.6. The first kappa shape index (κ1) is 20.3. The van der Waals surface area contributed by atoms with Crippen molar-refractivity contribution in [2.24, 2.45) is 0 Å². The maximum absolute atomic E-state index is 6.30. The minimum absolute atomic E-state index is 0.459. The van der Waals surface area contributed by atoms with Gasteiger partial charge in [0, 0.05) is 56.0 Å². The lowest BCUT2D eigenvalue weighted by Crippen LogP contribution is -2.44. The highest BCUT2D eigenvalue weighted by molar-refractivity contribution is 6.32. The van der Waals surface area contributed by atoms with Gasteiger partial charge in [0.1, 0.15) is 5.02 Å². The molecule has 0 unspecified atom stereocenters. The topological polar surface area (TPSA) is 68.4 Å². The summed E-state index contributed by atoms with van der Waals surface area (Å²) >= 11 is 6.30. The second-order valence-electron chi connectivity index (χ2n) is 7.31. The number of likely N-dealkylation sites (N-methyl/N-ethyl adjacent to an activating group) is 1. The molecular weight excluding hydrogens is 398 g/mol. The van der Waals surface area contributed by atoms with Crippen molar-refractivity contribution in [3.63, 3.8) is 0 Å². The smallest absolute Gasteiger partial charge is 0.229 e. The summed E-state index contributed by atoms with van der Waals surface area (Å²) in [7, 11) is 4.05. The Morgan fingerprint density at radius 1 is 0.900 bits per heavy atom. The fourth-order valence-corrected chi connectivity index (χ4v) is 3.49. The number of hydrogen-bond donors (Lipinski definition) is 3. The van der Waals surface area contributed by atoms with Crippen LogP contribution in [0.15, 0.2) is 54.7 Å². The van der Waals surface area contributed by atoms with Gasteiger partial charge in [-0.3, -0.25) is 0 Å². The summed E-state index contributed by atoms with van der Waals surface area (Å²) < 4.78 is 0. The number of benzene rings is 2. The van der Waals surface area contributed by atoms with E-state index < -0.39 is 0 Å². The summed E-state index contributed by atoms with van der Waals surface area (Å²) in [5.41, 5.74) is 4.06. The molecule has 0 atom stereocenters. The molecular formula is C22H26ClN7. The average molecular weight is 424 g/mol. The quantitative estimate of drug-likeness (QED) is 0.542. The molecule has 2 aromatic carbocycles. The van der Waals surface area contributed by atoms with Gasteiger partial charge < -0.3 is 25.8 Å². The van der Waals surface area contributed by atoms with Crippen LogP contribution in [0.5, 0.6) is 0 Å². The fraction of sp³-hybridized carbons (Fsp3) is 0.273. The van der Waals surface area contributed by atoms with E-state index in [9.17, 15) is 0 Å². The number of hydrogen-bond acceptors (Lipinski definition) is 7. The molecule has 1 aromatic heterocycles. The summed E-state index contributed by atoms with van der Waals surface area (Å²) in [5.74, 6) is 1.04. The van der Waals surface area contributed by atoms with Gasteiger partial charge in [-0.1, -0.05) is 17.7 Å². The van der Waals surface area contributed by atoms with Crippen molar-refractivity contribution < 1.29 is 0 Å². The highest BCUT2D eigenvalue weighted by Crippen LogP contribution is 2.27. The molecule has 1 saturated heterocycles. The number of nitrogens with zero attached hydrogens (tertiary/aromatic N) is 4. The van der Waals surface area contributed by atoms with E-state index in [-0.39, 0.29) is 0 Å². The van der Waals surface area contributed by atoms with E-state index in [0.717, 1.165) is 43.2 Å². The lowest BCUT2D eigenvalue weighted by atomic mass is 10.2. The summed E-state index contributed by atoms with van der Waals surface area (Å²) in [6.45, 7) is 4.28. The minimum atomic E-state index is 0.459. The SMILES string of the molecule is CNc1cccc(Nc2nc(Nc3ccc(N4CCN(C)CC4)cc3)ncc2Cl)c1. The molecule has 7 nitrogen and oxygen atoms in total. The van der Waals surface area contributed by atoms with Crippen LogP contribution in [0.1, 0.15) is 0 Å². The monoisotopic (exact) mass is 423 g/mol. The molecule has 1 aliphatic heterocycles. The van der Waals surface area contributed by atoms with Crippen LogP contribution in [0.25, 0.3) is 0 Å². The second-order valence-corrected chi connectivity index (χ2v) is 7.72. The van der Waals surface area contributed by atoms with Crippen molar-refractivity contribution in [3.8, 4) is 0 Å². The largest absolute Gasteiger partial charge is 0.388 e. The van der Waals surface area contributed by atoms with E-state index in [1.54, 1.807) is 6.20 Å². The molecule has 8 heteroatoms. The Morgan fingerprint density at radius 2 is 1.63 bits per heavy atom. The van der Waals surface area contributed by atoms with Crippen LogP contribution in [-0.2, 0) is 0 Å². The van der Waals surface area contributed by atoms with Crippen LogP contribution in [0.3, 0.4) is 0 Å². The Kier molecular flexibility index (Phi) is 6.21. The summed E-state index contributed by atoms with van der Waals surface area (Å²) in [4.78, 5) is 13.6. The first-order valence-electron chi connectivity index (χ1n) is 9.99. The van der Waals surface area contributed by atoms with E-state index in [2.05, 4.69) is 67.0 Å². The Balaban J connectivity index is 1.45. The zero-order valence-electron chi connectivity index (χ0n) is 17.2. The molecule has 3 aromatic rings. The van der Waals surface area contributed by atoms with E-state index in [1.165, 1.54) is 5.69 Å². The second kappa shape index (κ2) is 9.19. The number of aromatic nitrogens is 2. The number of anilines is 6. The molecule has 4 rings (SSSR count). The third kappa shape index (κ3) is 4.93. The summed E-state index contributed by atoms with van der Waals surface area (Å²) in [5, 5.41) is 10.1. The number of halogens is 1. The van der Waals surface area contributed by atoms with Crippen LogP contribution in [0, 0.1) is 0 Å². The van der Waals surface area contributed by atoms with Gasteiger partial charge >= 0.3 is 0 Å². The van der Waals surface area contributed by atoms with Crippen LogP contribution in [-0.4, -0.2) is 55.1 Å². The molecule has 0 amide bonds. The van der Waals surface area contributed by atoms with Gasteiger partial charge in [0.15, 0.2) is 5.82 Å². The van der Waals surface area contributed by atoms with Gasteiger partial charge in [0.05, 0.1) is 6.20 Å². The Morgan fingerprint density at radius 3 is 2.37 bits per heavy atom. The van der Waals surface area contributed by atoms with E-state index in [1.807, 2.05) is 31.3 Å². The van der Waals surface area contributed by atoms with Crippen LogP contribution in [0.2, 0.25) is 5.02 Å². The summed E-state index contributed by atoms with van der Waals surface area (Å²) in [6.07, 6.45) is 1.60. The van der Waals surface area contributed by atoms with Crippen molar-refractivity contribution in [1.29, 1.82) is 0 Å². The fourth-order valence-electron chi connectivity index (χ4n) is 3.35. The van der Waals surface area contributed by atoms with Gasteiger partial charge in [0.25, 0.3) is 0 Å². The molecule has 0 radical (unpaired) electrons. The van der Waals surface area contributed by atoms with Crippen LogP contribution >= 0.6 is 11.6 Å². The number of rotatable bonds is 6. The zero-order chi connectivity index (χ0) is 20.9. The number of nitrogens with one attached hydrogen (secondary N) is 3. The molecule has 1 aliphatic rings. The van der Waals surface area contributed by atoms with Gasteiger partial charge in [-0.15, -0.1) is 0 Å². The lowest BCUT2D eigenvalue weighted by Gasteiger charge is -2.34. The van der Waals surface area contributed by atoms with Gasteiger partial charge in [0.2, 0.25) is 5.95 Å². The molecule has 30 heavy (non-hydrogen) atoms. The van der Waals surface area contributed by atoms with E-state index >= 15 is 0 Å². The third-order valence-electron chi connectivity index (χ3n) is 5.15. The lowest BCUT2D eigenvalue weighted by molar-refractivity contribution is 0.313. The Bertz CT molecular complexity index is 985. The van der Waals surface area contributed by atoms with E-state index in [4.69, 9.17) is 11.6 Å². The van der Waals surface area contributed by atoms with Gasteiger partial charge in [-0.2, -0.15) is 4.98 Å². The highest BCUT2D eigenvalue weighted by atomic mass is 35.5.